The molecule has 1 amide bonds. The van der Waals surface area contributed by atoms with Crippen LogP contribution in [0.3, 0.4) is 0 Å². The molecule has 0 atom stereocenters. The lowest BCUT2D eigenvalue weighted by molar-refractivity contribution is 0.0771. The zero-order valence-electron chi connectivity index (χ0n) is 10.2. The van der Waals surface area contributed by atoms with E-state index >= 15 is 0 Å². The monoisotopic (exact) mass is 271 g/mol. The smallest absolute Gasteiger partial charge is 0.267 e. The number of nitrogens with zero attached hydrogens (tertiary/aromatic N) is 2. The van der Waals surface area contributed by atoms with E-state index < -0.39 is 0 Å². The zero-order valence-corrected chi connectivity index (χ0v) is 11.1. The van der Waals surface area contributed by atoms with E-state index in [1.54, 1.807) is 11.4 Å². The van der Waals surface area contributed by atoms with Crippen LogP contribution < -0.4 is 5.73 Å². The first-order valence-corrected chi connectivity index (χ1v) is 6.63. The number of amides is 1. The standard InChI is InChI=1S/C14H13N3OS/c15-7-8-17(10-11-4-2-1-3-5-11)14(18)13-12(16)6-9-19-13/h1-6,9H,8,10,16H2. The summed E-state index contributed by atoms with van der Waals surface area (Å²) in [4.78, 5) is 14.3. The van der Waals surface area contributed by atoms with Crippen molar-refractivity contribution in [2.75, 3.05) is 12.3 Å². The van der Waals surface area contributed by atoms with Gasteiger partial charge in [-0.3, -0.25) is 4.79 Å². The molecule has 2 N–H and O–H groups in total. The molecule has 0 fully saturated rings. The largest absolute Gasteiger partial charge is 0.397 e. The first-order valence-electron chi connectivity index (χ1n) is 5.75. The molecule has 19 heavy (non-hydrogen) atoms. The summed E-state index contributed by atoms with van der Waals surface area (Å²) in [5, 5.41) is 10.6. The van der Waals surface area contributed by atoms with Gasteiger partial charge in [0.25, 0.3) is 5.91 Å². The van der Waals surface area contributed by atoms with Crippen LogP contribution in [0.1, 0.15) is 15.2 Å². The normalized spacial score (nSPS) is 9.84. The van der Waals surface area contributed by atoms with Gasteiger partial charge in [0.15, 0.2) is 0 Å². The molecule has 0 saturated heterocycles. The molecular weight excluding hydrogens is 258 g/mol. The Hall–Kier alpha value is -2.32. The molecule has 1 heterocycles. The lowest BCUT2D eigenvalue weighted by Gasteiger charge is -2.19. The van der Waals surface area contributed by atoms with Crippen molar-refractivity contribution in [3.63, 3.8) is 0 Å². The molecule has 2 aromatic rings. The highest BCUT2D eigenvalue weighted by atomic mass is 32.1. The molecule has 0 unspecified atom stereocenters. The van der Waals surface area contributed by atoms with Crippen LogP contribution in [-0.4, -0.2) is 17.4 Å². The van der Waals surface area contributed by atoms with E-state index in [4.69, 9.17) is 11.0 Å². The van der Waals surface area contributed by atoms with Crippen LogP contribution >= 0.6 is 11.3 Å². The Labute approximate surface area is 115 Å². The van der Waals surface area contributed by atoms with Gasteiger partial charge in [0.05, 0.1) is 11.8 Å². The Morgan fingerprint density at radius 3 is 2.63 bits per heavy atom. The molecule has 0 radical (unpaired) electrons. The van der Waals surface area contributed by atoms with E-state index in [2.05, 4.69) is 0 Å². The molecule has 1 aromatic carbocycles. The van der Waals surface area contributed by atoms with Gasteiger partial charge in [0.1, 0.15) is 11.4 Å². The van der Waals surface area contributed by atoms with Gasteiger partial charge >= 0.3 is 0 Å². The molecule has 0 spiro atoms. The summed E-state index contributed by atoms with van der Waals surface area (Å²) in [6, 6.07) is 13.3. The van der Waals surface area contributed by atoms with Gasteiger partial charge in [-0.1, -0.05) is 30.3 Å². The summed E-state index contributed by atoms with van der Waals surface area (Å²) in [7, 11) is 0. The van der Waals surface area contributed by atoms with Crippen molar-refractivity contribution in [2.45, 2.75) is 6.54 Å². The second-order valence-electron chi connectivity index (χ2n) is 4.01. The lowest BCUT2D eigenvalue weighted by atomic mass is 10.2. The number of hydrogen-bond acceptors (Lipinski definition) is 4. The summed E-state index contributed by atoms with van der Waals surface area (Å²) < 4.78 is 0. The minimum absolute atomic E-state index is 0.0467. The number of nitrogen functional groups attached to an aromatic ring is 1. The third-order valence-corrected chi connectivity index (χ3v) is 3.57. The van der Waals surface area contributed by atoms with Crippen LogP contribution in [0.4, 0.5) is 5.69 Å². The van der Waals surface area contributed by atoms with Gasteiger partial charge in [-0.05, 0) is 17.0 Å². The third kappa shape index (κ3) is 3.12. The molecule has 0 aliphatic carbocycles. The van der Waals surface area contributed by atoms with E-state index in [9.17, 15) is 4.79 Å². The van der Waals surface area contributed by atoms with Gasteiger partial charge in [0, 0.05) is 6.54 Å². The maximum atomic E-state index is 12.3. The highest BCUT2D eigenvalue weighted by Gasteiger charge is 2.19. The summed E-state index contributed by atoms with van der Waals surface area (Å²) in [5.74, 6) is -0.196. The maximum Gasteiger partial charge on any atom is 0.267 e. The highest BCUT2D eigenvalue weighted by molar-refractivity contribution is 7.12. The summed E-state index contributed by atoms with van der Waals surface area (Å²) in [6.07, 6.45) is 0. The Bertz CT molecular complexity index is 601. The van der Waals surface area contributed by atoms with Crippen molar-refractivity contribution in [3.8, 4) is 6.07 Å². The van der Waals surface area contributed by atoms with Gasteiger partial charge in [-0.15, -0.1) is 11.3 Å². The first kappa shape index (κ1) is 13.1. The molecule has 96 valence electrons. The second kappa shape index (κ2) is 6.03. The van der Waals surface area contributed by atoms with E-state index in [1.807, 2.05) is 36.4 Å². The Morgan fingerprint density at radius 1 is 1.32 bits per heavy atom. The van der Waals surface area contributed by atoms with Crippen molar-refractivity contribution >= 4 is 22.9 Å². The summed E-state index contributed by atoms with van der Waals surface area (Å²) >= 11 is 1.30. The van der Waals surface area contributed by atoms with Crippen LogP contribution in [0.15, 0.2) is 41.8 Å². The number of nitrogens with two attached hydrogens (primary N) is 1. The predicted octanol–water partition coefficient (Wildman–Crippen LogP) is 2.50. The first-order chi connectivity index (χ1) is 9.22. The van der Waals surface area contributed by atoms with Gasteiger partial charge in [-0.2, -0.15) is 5.26 Å². The topological polar surface area (TPSA) is 70.1 Å². The van der Waals surface area contributed by atoms with Crippen LogP contribution in [0, 0.1) is 11.3 Å². The number of thiophene rings is 1. The van der Waals surface area contributed by atoms with Crippen molar-refractivity contribution in [3.05, 3.63) is 52.2 Å². The highest BCUT2D eigenvalue weighted by Crippen LogP contribution is 2.21. The number of benzene rings is 1. The molecule has 1 aromatic heterocycles. The number of anilines is 1. The van der Waals surface area contributed by atoms with Gasteiger partial charge in [-0.25, -0.2) is 0 Å². The molecule has 2 rings (SSSR count). The van der Waals surface area contributed by atoms with Crippen LogP contribution in [-0.2, 0) is 6.54 Å². The number of rotatable bonds is 4. The van der Waals surface area contributed by atoms with Crippen molar-refractivity contribution in [1.29, 1.82) is 5.26 Å². The van der Waals surface area contributed by atoms with Crippen molar-refractivity contribution in [1.82, 2.24) is 4.90 Å². The van der Waals surface area contributed by atoms with E-state index in [0.717, 1.165) is 5.56 Å². The lowest BCUT2D eigenvalue weighted by Crippen LogP contribution is -2.30. The summed E-state index contributed by atoms with van der Waals surface area (Å²) in [6.45, 7) is 0.454. The minimum Gasteiger partial charge on any atom is -0.397 e. The fraction of sp³-hybridized carbons (Fsp3) is 0.143. The van der Waals surface area contributed by atoms with E-state index in [-0.39, 0.29) is 12.5 Å². The van der Waals surface area contributed by atoms with Crippen LogP contribution in [0.25, 0.3) is 0 Å². The van der Waals surface area contributed by atoms with E-state index in [0.29, 0.717) is 17.1 Å². The molecule has 4 nitrogen and oxygen atoms in total. The number of carbonyl (C=O) groups is 1. The Kier molecular flexibility index (Phi) is 4.16. The summed E-state index contributed by atoms with van der Waals surface area (Å²) in [5.41, 5.74) is 7.20. The average molecular weight is 271 g/mol. The Balaban J connectivity index is 2.19. The number of nitriles is 1. The second-order valence-corrected chi connectivity index (χ2v) is 4.93. The van der Waals surface area contributed by atoms with Gasteiger partial charge < -0.3 is 10.6 Å². The SMILES string of the molecule is N#CCN(Cc1ccccc1)C(=O)c1sccc1N. The fourth-order valence-electron chi connectivity index (χ4n) is 1.73. The van der Waals surface area contributed by atoms with E-state index in [1.165, 1.54) is 16.2 Å². The quantitative estimate of drug-likeness (QED) is 0.868. The molecular formula is C14H13N3OS. The molecule has 0 aliphatic rings. The van der Waals surface area contributed by atoms with Gasteiger partial charge in [0.2, 0.25) is 0 Å². The predicted molar refractivity (Wildman–Crippen MR) is 75.5 cm³/mol. The number of hydrogen-bond donors (Lipinski definition) is 1. The average Bonchev–Trinajstić information content (AvgIpc) is 2.85. The minimum atomic E-state index is -0.196. The third-order valence-electron chi connectivity index (χ3n) is 2.65. The van der Waals surface area contributed by atoms with Crippen molar-refractivity contribution < 1.29 is 4.79 Å². The molecule has 0 aliphatic heterocycles. The maximum absolute atomic E-state index is 12.3. The number of carbonyl (C=O) groups excluding carboxylic acids is 1. The zero-order chi connectivity index (χ0) is 13.7. The van der Waals surface area contributed by atoms with Crippen LogP contribution in [0.2, 0.25) is 0 Å². The molecule has 5 heteroatoms. The fourth-order valence-corrected chi connectivity index (χ4v) is 2.51. The van der Waals surface area contributed by atoms with Crippen molar-refractivity contribution in [2.24, 2.45) is 0 Å². The molecule has 0 saturated carbocycles. The Morgan fingerprint density at radius 2 is 2.05 bits per heavy atom. The van der Waals surface area contributed by atoms with Crippen LogP contribution in [0.5, 0.6) is 0 Å². The molecule has 0 bridgehead atoms.